The fourth-order valence-corrected chi connectivity index (χ4v) is 3.09. The molecule has 2 fully saturated rings. The quantitative estimate of drug-likeness (QED) is 0.816. The van der Waals surface area contributed by atoms with Crippen LogP contribution in [-0.2, 0) is 4.79 Å². The summed E-state index contributed by atoms with van der Waals surface area (Å²) >= 11 is 0. The first-order chi connectivity index (χ1) is 8.48. The van der Waals surface area contributed by atoms with E-state index < -0.39 is 11.8 Å². The van der Waals surface area contributed by atoms with Crippen LogP contribution in [0.2, 0.25) is 0 Å². The van der Waals surface area contributed by atoms with Crippen LogP contribution in [0.15, 0.2) is 0 Å². The molecule has 3 N–H and O–H groups in total. The summed E-state index contributed by atoms with van der Waals surface area (Å²) in [6.45, 7) is 0.544. The molecule has 0 heterocycles. The molecule has 5 heteroatoms. The number of nitrogens with one attached hydrogen (secondary N) is 1. The highest BCUT2D eigenvalue weighted by molar-refractivity contribution is 5.78. The van der Waals surface area contributed by atoms with E-state index in [2.05, 4.69) is 5.32 Å². The molecule has 0 aromatic heterocycles. The summed E-state index contributed by atoms with van der Waals surface area (Å²) in [6.07, 6.45) is 3.78. The predicted octanol–water partition coefficient (Wildman–Crippen LogP) is 2.06. The van der Waals surface area contributed by atoms with Crippen molar-refractivity contribution in [2.75, 3.05) is 6.54 Å². The highest BCUT2D eigenvalue weighted by Crippen LogP contribution is 2.36. The van der Waals surface area contributed by atoms with Crippen molar-refractivity contribution in [3.05, 3.63) is 0 Å². The monoisotopic (exact) mass is 260 g/mol. The molecule has 3 nitrogen and oxygen atoms in total. The molecule has 0 bridgehead atoms. The van der Waals surface area contributed by atoms with E-state index in [1.807, 2.05) is 0 Å². The lowest BCUT2D eigenvalue weighted by molar-refractivity contribution is -0.132. The Balaban J connectivity index is 1.77. The smallest absolute Gasteiger partial charge is 0.248 e. The van der Waals surface area contributed by atoms with Crippen molar-refractivity contribution in [2.24, 2.45) is 17.6 Å². The molecule has 0 aromatic rings. The summed E-state index contributed by atoms with van der Waals surface area (Å²) in [6, 6.07) is 0.151. The number of nitrogens with two attached hydrogens (primary N) is 1. The summed E-state index contributed by atoms with van der Waals surface area (Å²) in [5.74, 6) is -3.08. The van der Waals surface area contributed by atoms with E-state index in [1.54, 1.807) is 0 Å². The summed E-state index contributed by atoms with van der Waals surface area (Å²) in [5, 5.41) is 2.81. The van der Waals surface area contributed by atoms with E-state index in [1.165, 1.54) is 0 Å². The van der Waals surface area contributed by atoms with Gasteiger partial charge in [-0.25, -0.2) is 8.78 Å². The Bertz CT molecular complexity index is 309. The largest absolute Gasteiger partial charge is 0.356 e. The van der Waals surface area contributed by atoms with Gasteiger partial charge in [-0.1, -0.05) is 6.42 Å². The number of hydrogen-bond donors (Lipinski definition) is 2. The normalized spacial score (nSPS) is 35.4. The van der Waals surface area contributed by atoms with Gasteiger partial charge in [0.1, 0.15) is 0 Å². The van der Waals surface area contributed by atoms with Crippen molar-refractivity contribution in [3.8, 4) is 0 Å². The third kappa shape index (κ3) is 3.40. The molecular formula is C13H22F2N2O. The number of carbonyl (C=O) groups is 1. The van der Waals surface area contributed by atoms with Crippen molar-refractivity contribution in [1.82, 2.24) is 5.32 Å². The second-order valence-corrected chi connectivity index (χ2v) is 5.75. The van der Waals surface area contributed by atoms with Crippen LogP contribution in [0.1, 0.15) is 44.9 Å². The van der Waals surface area contributed by atoms with Crippen LogP contribution in [0.5, 0.6) is 0 Å². The minimum absolute atomic E-state index is 0.0791. The van der Waals surface area contributed by atoms with Crippen LogP contribution in [0.25, 0.3) is 0 Å². The van der Waals surface area contributed by atoms with Crippen LogP contribution < -0.4 is 11.1 Å². The van der Waals surface area contributed by atoms with Crippen molar-refractivity contribution >= 4 is 5.91 Å². The molecule has 18 heavy (non-hydrogen) atoms. The van der Waals surface area contributed by atoms with Gasteiger partial charge in [0.25, 0.3) is 0 Å². The first-order valence-corrected chi connectivity index (χ1v) is 6.89. The molecule has 2 aliphatic carbocycles. The molecular weight excluding hydrogens is 238 g/mol. The Morgan fingerprint density at radius 3 is 2.67 bits per heavy atom. The van der Waals surface area contributed by atoms with E-state index in [0.717, 1.165) is 19.3 Å². The SMILES string of the molecule is NC1CCCC1CNC(=O)C1CCCC(F)(F)C1. The van der Waals surface area contributed by atoms with Crippen molar-refractivity contribution in [3.63, 3.8) is 0 Å². The average Bonchev–Trinajstić information content (AvgIpc) is 2.70. The average molecular weight is 260 g/mol. The topological polar surface area (TPSA) is 55.1 Å². The van der Waals surface area contributed by atoms with Gasteiger partial charge < -0.3 is 11.1 Å². The zero-order chi connectivity index (χ0) is 13.2. The summed E-state index contributed by atoms with van der Waals surface area (Å²) in [4.78, 5) is 11.9. The number of alkyl halides is 2. The summed E-state index contributed by atoms with van der Waals surface area (Å²) < 4.78 is 26.4. The highest BCUT2D eigenvalue weighted by Gasteiger charge is 2.39. The Morgan fingerprint density at radius 2 is 2.06 bits per heavy atom. The first-order valence-electron chi connectivity index (χ1n) is 6.89. The van der Waals surface area contributed by atoms with E-state index in [-0.39, 0.29) is 24.8 Å². The number of carbonyl (C=O) groups excluding carboxylic acids is 1. The number of rotatable bonds is 3. The molecule has 104 valence electrons. The summed E-state index contributed by atoms with van der Waals surface area (Å²) in [5.41, 5.74) is 5.92. The van der Waals surface area contributed by atoms with Crippen LogP contribution in [0.4, 0.5) is 8.78 Å². The van der Waals surface area contributed by atoms with Gasteiger partial charge in [-0.2, -0.15) is 0 Å². The summed E-state index contributed by atoms with van der Waals surface area (Å²) in [7, 11) is 0. The number of amides is 1. The lowest BCUT2D eigenvalue weighted by Crippen LogP contribution is -2.41. The molecule has 2 rings (SSSR count). The first kappa shape index (κ1) is 13.7. The Hall–Kier alpha value is -0.710. The lowest BCUT2D eigenvalue weighted by Gasteiger charge is -2.28. The molecule has 1 amide bonds. The third-order valence-electron chi connectivity index (χ3n) is 4.27. The molecule has 0 radical (unpaired) electrons. The maximum atomic E-state index is 13.2. The van der Waals surface area contributed by atoms with Gasteiger partial charge >= 0.3 is 0 Å². The van der Waals surface area contributed by atoms with Crippen molar-refractivity contribution in [2.45, 2.75) is 56.9 Å². The second-order valence-electron chi connectivity index (χ2n) is 5.75. The molecule has 0 aromatic carbocycles. The van der Waals surface area contributed by atoms with Gasteiger partial charge in [-0.05, 0) is 31.6 Å². The van der Waals surface area contributed by atoms with Crippen molar-refractivity contribution in [1.29, 1.82) is 0 Å². The molecule has 3 atom stereocenters. The van der Waals surface area contributed by atoms with Crippen LogP contribution in [0.3, 0.4) is 0 Å². The fourth-order valence-electron chi connectivity index (χ4n) is 3.09. The lowest BCUT2D eigenvalue weighted by atomic mass is 9.86. The van der Waals surface area contributed by atoms with Crippen LogP contribution in [0, 0.1) is 11.8 Å². The van der Waals surface area contributed by atoms with E-state index in [9.17, 15) is 13.6 Å². The van der Waals surface area contributed by atoms with Crippen LogP contribution >= 0.6 is 0 Å². The van der Waals surface area contributed by atoms with Gasteiger partial charge in [-0.15, -0.1) is 0 Å². The standard InChI is InChI=1S/C13H22F2N2O/c14-13(15)6-2-4-9(7-13)12(18)17-8-10-3-1-5-11(10)16/h9-11H,1-8,16H2,(H,17,18). The molecule has 2 aliphatic rings. The van der Waals surface area contributed by atoms with E-state index in [0.29, 0.717) is 25.3 Å². The highest BCUT2D eigenvalue weighted by atomic mass is 19.3. The Labute approximate surface area is 106 Å². The van der Waals surface area contributed by atoms with Gasteiger partial charge in [-0.3, -0.25) is 4.79 Å². The van der Waals surface area contributed by atoms with Crippen molar-refractivity contribution < 1.29 is 13.6 Å². The maximum Gasteiger partial charge on any atom is 0.248 e. The van der Waals surface area contributed by atoms with Gasteiger partial charge in [0.05, 0.1) is 0 Å². The van der Waals surface area contributed by atoms with Gasteiger partial charge in [0.15, 0.2) is 0 Å². The van der Waals surface area contributed by atoms with Crippen LogP contribution in [-0.4, -0.2) is 24.4 Å². The molecule has 0 aliphatic heterocycles. The zero-order valence-corrected chi connectivity index (χ0v) is 10.6. The molecule has 0 saturated heterocycles. The van der Waals surface area contributed by atoms with Gasteiger partial charge in [0.2, 0.25) is 11.8 Å². The molecule has 3 unspecified atom stereocenters. The van der Waals surface area contributed by atoms with Gasteiger partial charge in [0, 0.05) is 31.3 Å². The second kappa shape index (κ2) is 5.51. The predicted molar refractivity (Wildman–Crippen MR) is 65.2 cm³/mol. The minimum atomic E-state index is -2.66. The van der Waals surface area contributed by atoms with E-state index >= 15 is 0 Å². The zero-order valence-electron chi connectivity index (χ0n) is 10.6. The molecule has 2 saturated carbocycles. The Kier molecular flexibility index (Phi) is 4.20. The molecule has 0 spiro atoms. The maximum absolute atomic E-state index is 13.2. The third-order valence-corrected chi connectivity index (χ3v) is 4.27. The van der Waals surface area contributed by atoms with E-state index in [4.69, 9.17) is 5.73 Å². The minimum Gasteiger partial charge on any atom is -0.356 e. The Morgan fingerprint density at radius 1 is 1.28 bits per heavy atom. The number of hydrogen-bond acceptors (Lipinski definition) is 2. The fraction of sp³-hybridized carbons (Fsp3) is 0.923. The number of halogens is 2.